The van der Waals surface area contributed by atoms with Gasteiger partial charge in [0.1, 0.15) is 5.75 Å². The summed E-state index contributed by atoms with van der Waals surface area (Å²) in [6.07, 6.45) is 0. The van der Waals surface area contributed by atoms with Gasteiger partial charge < -0.3 is 4.74 Å². The van der Waals surface area contributed by atoms with Gasteiger partial charge in [-0.1, -0.05) is 6.07 Å². The smallest absolute Gasteiger partial charge is 0.0147 e. The van der Waals surface area contributed by atoms with E-state index >= 15 is 0 Å². The number of amides is 1. The van der Waals surface area contributed by atoms with Crippen LogP contribution in [0.3, 0.4) is 0 Å². The third kappa shape index (κ3) is 4.30. The predicted octanol–water partition coefficient (Wildman–Crippen LogP) is 4.63. The van der Waals surface area contributed by atoms with Crippen molar-refractivity contribution in [3.8, 4) is 11.4 Å². The standard InChI is InChI=1S/C28H24N2O3Se/c1-18(20-9-10-22-16-24(33-2)14-11-21(22)15-20)27(31)29-17-19-7-12-23(13-8-19)30-28(32)25-5-3-4-6-26(25)34-30/h3-16,18H,17H2,1-2H3,(H,29,31). The Balaban J connectivity index is 1.26. The first-order valence-corrected chi connectivity index (χ1v) is 12.7. The molecular formula is C28H24N2O3Se. The van der Waals surface area contributed by atoms with Crippen LogP contribution in [0.15, 0.2) is 89.7 Å². The number of carbonyl (C=O) groups excluding carboxylic acids is 1. The Morgan fingerprint density at radius 1 is 0.971 bits per heavy atom. The Hall–Kier alpha value is -3.60. The van der Waals surface area contributed by atoms with Gasteiger partial charge >= 0.3 is 163 Å². The van der Waals surface area contributed by atoms with E-state index < -0.39 is 0 Å². The zero-order valence-electron chi connectivity index (χ0n) is 18.9. The Morgan fingerprint density at radius 2 is 1.71 bits per heavy atom. The van der Waals surface area contributed by atoms with E-state index in [0.29, 0.717) is 6.54 Å². The number of aromatic nitrogens is 1. The number of nitrogens with one attached hydrogen (secondary N) is 1. The van der Waals surface area contributed by atoms with Gasteiger partial charge in [0.05, 0.1) is 7.11 Å². The molecule has 5 aromatic rings. The van der Waals surface area contributed by atoms with Crippen LogP contribution in [0, 0.1) is 0 Å². The van der Waals surface area contributed by atoms with Crippen molar-refractivity contribution in [2.75, 3.05) is 7.11 Å². The van der Waals surface area contributed by atoms with E-state index in [4.69, 9.17) is 4.74 Å². The molecular weight excluding hydrogens is 491 g/mol. The van der Waals surface area contributed by atoms with Gasteiger partial charge in [-0.15, -0.1) is 0 Å². The molecule has 1 N–H and O–H groups in total. The Morgan fingerprint density at radius 3 is 2.47 bits per heavy atom. The van der Waals surface area contributed by atoms with Gasteiger partial charge in [-0.2, -0.15) is 0 Å². The molecule has 1 unspecified atom stereocenters. The molecule has 0 fully saturated rings. The summed E-state index contributed by atoms with van der Waals surface area (Å²) < 4.78 is 8.24. The third-order valence-corrected chi connectivity index (χ3v) is 8.43. The molecule has 0 aliphatic heterocycles. The third-order valence-electron chi connectivity index (χ3n) is 6.09. The minimum absolute atomic E-state index is 0.0227. The minimum Gasteiger partial charge on any atom is -0.0147 e. The number of hydrogen-bond donors (Lipinski definition) is 1. The van der Waals surface area contributed by atoms with Gasteiger partial charge in [-0.05, 0) is 17.5 Å². The van der Waals surface area contributed by atoms with Crippen LogP contribution in [0.5, 0.6) is 5.75 Å². The molecule has 170 valence electrons. The van der Waals surface area contributed by atoms with Crippen LogP contribution in [-0.4, -0.2) is 31.3 Å². The molecule has 34 heavy (non-hydrogen) atoms. The van der Waals surface area contributed by atoms with Crippen molar-refractivity contribution < 1.29 is 9.53 Å². The van der Waals surface area contributed by atoms with Crippen molar-refractivity contribution >= 4 is 41.1 Å². The van der Waals surface area contributed by atoms with Gasteiger partial charge in [-0.3, -0.25) is 0 Å². The maximum atomic E-state index is 12.8. The van der Waals surface area contributed by atoms with Crippen LogP contribution in [0.2, 0.25) is 0 Å². The van der Waals surface area contributed by atoms with E-state index in [9.17, 15) is 9.59 Å². The summed E-state index contributed by atoms with van der Waals surface area (Å²) in [7, 11) is 1.65. The maximum absolute atomic E-state index is 12.8. The number of benzene rings is 4. The van der Waals surface area contributed by atoms with Crippen LogP contribution in [-0.2, 0) is 11.3 Å². The minimum atomic E-state index is -0.269. The van der Waals surface area contributed by atoms with Crippen LogP contribution >= 0.6 is 0 Å². The summed E-state index contributed by atoms with van der Waals surface area (Å²) in [6, 6.07) is 27.6. The molecule has 6 heteroatoms. The molecule has 0 spiro atoms. The fourth-order valence-corrected chi connectivity index (χ4v) is 6.12. The van der Waals surface area contributed by atoms with Crippen molar-refractivity contribution in [2.45, 2.75) is 19.4 Å². The Kier molecular flexibility index (Phi) is 6.10. The quantitative estimate of drug-likeness (QED) is 0.336. The second kappa shape index (κ2) is 9.33. The molecule has 0 saturated carbocycles. The first-order valence-electron chi connectivity index (χ1n) is 11.1. The predicted molar refractivity (Wildman–Crippen MR) is 137 cm³/mol. The normalized spacial score (nSPS) is 12.1. The second-order valence-electron chi connectivity index (χ2n) is 8.27. The SMILES string of the molecule is COc1ccc2cc(C(C)C(=O)NCc3ccc(-n4[se]c5ccccc5c4=O)cc3)ccc2c1. The summed E-state index contributed by atoms with van der Waals surface area (Å²) in [4.78, 5) is 25.5. The number of methoxy groups -OCH3 is 1. The van der Waals surface area contributed by atoms with Crippen molar-refractivity contribution in [3.05, 3.63) is 106 Å². The van der Waals surface area contributed by atoms with Crippen LogP contribution in [0.4, 0.5) is 0 Å². The molecule has 0 radical (unpaired) electrons. The molecule has 1 amide bonds. The molecule has 5 nitrogen and oxygen atoms in total. The Labute approximate surface area is 203 Å². The van der Waals surface area contributed by atoms with Crippen molar-refractivity contribution in [1.82, 2.24) is 8.88 Å². The molecule has 1 aromatic heterocycles. The molecule has 0 bridgehead atoms. The summed E-state index contributed by atoms with van der Waals surface area (Å²) in [5.74, 6) is 0.524. The monoisotopic (exact) mass is 516 g/mol. The number of fused-ring (bicyclic) bond motifs is 2. The molecule has 4 aromatic carbocycles. The number of nitrogens with zero attached hydrogens (tertiary/aromatic N) is 1. The average Bonchev–Trinajstić information content (AvgIpc) is 3.23. The second-order valence-corrected chi connectivity index (χ2v) is 10.3. The van der Waals surface area contributed by atoms with Gasteiger partial charge in [0, 0.05) is 0 Å². The van der Waals surface area contributed by atoms with Crippen LogP contribution in [0.25, 0.3) is 26.1 Å². The number of hydrogen-bond acceptors (Lipinski definition) is 3. The fourth-order valence-electron chi connectivity index (χ4n) is 4.02. The number of rotatable bonds is 6. The van der Waals surface area contributed by atoms with Crippen molar-refractivity contribution in [2.24, 2.45) is 0 Å². The number of carbonyl (C=O) groups is 1. The first-order chi connectivity index (χ1) is 16.5. The summed E-state index contributed by atoms with van der Waals surface area (Å²) in [6.45, 7) is 2.36. The molecule has 1 atom stereocenters. The fraction of sp³-hybridized carbons (Fsp3) is 0.143. The zero-order chi connectivity index (χ0) is 23.7. The van der Waals surface area contributed by atoms with E-state index in [1.807, 2.05) is 89.3 Å². The number of ether oxygens (including phenoxy) is 1. The topological polar surface area (TPSA) is 60.3 Å². The zero-order valence-corrected chi connectivity index (χ0v) is 20.7. The molecule has 0 aliphatic carbocycles. The molecule has 1 heterocycles. The molecule has 0 aliphatic rings. The van der Waals surface area contributed by atoms with Crippen LogP contribution in [0.1, 0.15) is 24.0 Å². The van der Waals surface area contributed by atoms with Crippen molar-refractivity contribution in [1.29, 1.82) is 0 Å². The first kappa shape index (κ1) is 22.2. The molecule has 0 saturated heterocycles. The van der Waals surface area contributed by atoms with E-state index in [1.165, 1.54) is 0 Å². The van der Waals surface area contributed by atoms with Gasteiger partial charge in [0.15, 0.2) is 0 Å². The van der Waals surface area contributed by atoms with Gasteiger partial charge in [0.2, 0.25) is 0 Å². The van der Waals surface area contributed by atoms with Crippen LogP contribution < -0.4 is 15.6 Å². The summed E-state index contributed by atoms with van der Waals surface area (Å²) >= 11 is -0.0518. The van der Waals surface area contributed by atoms with Crippen molar-refractivity contribution in [3.63, 3.8) is 0 Å². The van der Waals surface area contributed by atoms with Gasteiger partial charge in [0.25, 0.3) is 0 Å². The summed E-state index contributed by atoms with van der Waals surface area (Å²) in [5, 5.41) is 5.99. The van der Waals surface area contributed by atoms with E-state index in [2.05, 4.69) is 11.4 Å². The Bertz CT molecular complexity index is 1550. The van der Waals surface area contributed by atoms with E-state index in [1.54, 1.807) is 7.11 Å². The van der Waals surface area contributed by atoms with E-state index in [-0.39, 0.29) is 32.1 Å². The van der Waals surface area contributed by atoms with E-state index in [0.717, 1.165) is 43.0 Å². The summed E-state index contributed by atoms with van der Waals surface area (Å²) in [5.41, 5.74) is 2.91. The van der Waals surface area contributed by atoms with Gasteiger partial charge in [-0.25, -0.2) is 0 Å². The average molecular weight is 515 g/mol. The molecule has 5 rings (SSSR count).